The van der Waals surface area contributed by atoms with E-state index in [9.17, 15) is 25.0 Å². The molecule has 1 aromatic heterocycles. The van der Waals surface area contributed by atoms with Gasteiger partial charge in [0.15, 0.2) is 16.3 Å². The molecule has 1 aliphatic heterocycles. The van der Waals surface area contributed by atoms with Gasteiger partial charge < -0.3 is 14.2 Å². The minimum absolute atomic E-state index is 0.152. The normalized spacial score (nSPS) is 15.1. The van der Waals surface area contributed by atoms with Crippen molar-refractivity contribution in [2.45, 2.75) is 18.9 Å². The largest absolute Gasteiger partial charge is 0.497 e. The van der Waals surface area contributed by atoms with E-state index in [1.54, 1.807) is 36.0 Å². The van der Waals surface area contributed by atoms with Gasteiger partial charge in [-0.3, -0.25) is 29.6 Å². The molecular weight excluding hydrogens is 636 g/mol. The molecule has 0 amide bonds. The van der Waals surface area contributed by atoms with E-state index in [4.69, 9.17) is 19.2 Å². The van der Waals surface area contributed by atoms with Gasteiger partial charge in [-0.2, -0.15) is 0 Å². The van der Waals surface area contributed by atoms with Crippen molar-refractivity contribution in [3.8, 4) is 23.0 Å². The Labute approximate surface area is 276 Å². The van der Waals surface area contributed by atoms with Crippen LogP contribution in [0, 0.1) is 20.2 Å². The van der Waals surface area contributed by atoms with Crippen LogP contribution >= 0.6 is 11.3 Å². The van der Waals surface area contributed by atoms with Crippen molar-refractivity contribution >= 4 is 34.5 Å². The van der Waals surface area contributed by atoms with Gasteiger partial charge in [0, 0.05) is 11.6 Å². The fourth-order valence-corrected chi connectivity index (χ4v) is 7.09. The number of aromatic nitrogens is 1. The van der Waals surface area contributed by atoms with E-state index in [2.05, 4.69) is 12.1 Å². The van der Waals surface area contributed by atoms with Gasteiger partial charge in [0.1, 0.15) is 5.75 Å². The molecule has 0 saturated carbocycles. The molecule has 2 aliphatic rings. The highest BCUT2D eigenvalue weighted by atomic mass is 32.1. The summed E-state index contributed by atoms with van der Waals surface area (Å²) in [5, 5.41) is 22.8. The minimum Gasteiger partial charge on any atom is -0.497 e. The summed E-state index contributed by atoms with van der Waals surface area (Å²) in [6.07, 6.45) is 3.35. The first-order chi connectivity index (χ1) is 23.2. The number of fused-ring (bicyclic) bond motifs is 3. The lowest BCUT2D eigenvalue weighted by molar-refractivity contribution is -0.394. The number of hydrogen-bond donors (Lipinski definition) is 0. The Kier molecular flexibility index (Phi) is 7.81. The smallest absolute Gasteiger partial charge is 0.318 e. The lowest BCUT2D eigenvalue weighted by atomic mass is 9.83. The molecule has 0 saturated heterocycles. The molecule has 5 aromatic rings. The molecule has 0 bridgehead atoms. The summed E-state index contributed by atoms with van der Waals surface area (Å²) in [5.41, 5.74) is 4.67. The maximum absolute atomic E-state index is 14.2. The molecule has 7 rings (SSSR count). The SMILES string of the molecule is COc1ccc([C@@H]2C3=C(N=c4s/c(=C\c5ccc(Oc6ccc([N+](=O)[O-])cc6[N+](=O)[O-])c(OC)c5)c(=O)n42)c2ccccc2CC3)cc1. The molecule has 0 radical (unpaired) electrons. The number of non-ortho nitro benzene ring substituents is 1. The number of methoxy groups -OCH3 is 2. The van der Waals surface area contributed by atoms with Crippen molar-refractivity contribution in [2.75, 3.05) is 14.2 Å². The first-order valence-corrected chi connectivity index (χ1v) is 15.6. The molecule has 0 fully saturated rings. The number of nitro groups is 2. The Bertz CT molecular complexity index is 2340. The van der Waals surface area contributed by atoms with E-state index in [0.717, 1.165) is 53.1 Å². The third-order valence-electron chi connectivity index (χ3n) is 8.36. The Balaban J connectivity index is 1.31. The van der Waals surface area contributed by atoms with E-state index in [1.807, 2.05) is 36.4 Å². The Morgan fingerprint density at radius 3 is 2.38 bits per heavy atom. The summed E-state index contributed by atoms with van der Waals surface area (Å²) < 4.78 is 18.9. The Hall–Kier alpha value is -6.08. The van der Waals surface area contributed by atoms with E-state index in [1.165, 1.54) is 30.1 Å². The second kappa shape index (κ2) is 12.3. The van der Waals surface area contributed by atoms with Gasteiger partial charge in [-0.25, -0.2) is 4.99 Å². The van der Waals surface area contributed by atoms with Crippen molar-refractivity contribution in [1.82, 2.24) is 4.57 Å². The number of benzene rings is 4. The number of rotatable bonds is 8. The van der Waals surface area contributed by atoms with Gasteiger partial charge in [-0.05, 0) is 71.5 Å². The van der Waals surface area contributed by atoms with Crippen molar-refractivity contribution in [2.24, 2.45) is 4.99 Å². The van der Waals surface area contributed by atoms with Crippen LogP contribution in [0.3, 0.4) is 0 Å². The van der Waals surface area contributed by atoms with Crippen LogP contribution in [-0.2, 0) is 6.42 Å². The summed E-state index contributed by atoms with van der Waals surface area (Å²) in [7, 11) is 3.03. The maximum Gasteiger partial charge on any atom is 0.318 e. The highest BCUT2D eigenvalue weighted by molar-refractivity contribution is 7.07. The molecule has 12 nitrogen and oxygen atoms in total. The van der Waals surface area contributed by atoms with Crippen LogP contribution in [-0.4, -0.2) is 28.6 Å². The molecule has 13 heteroatoms. The average molecular weight is 663 g/mol. The van der Waals surface area contributed by atoms with Crippen LogP contribution in [0.15, 0.2) is 100 Å². The summed E-state index contributed by atoms with van der Waals surface area (Å²) in [5.74, 6) is 0.930. The summed E-state index contributed by atoms with van der Waals surface area (Å²) in [4.78, 5) is 41.1. The number of allylic oxidation sites excluding steroid dienone is 1. The Morgan fingerprint density at radius 2 is 1.65 bits per heavy atom. The van der Waals surface area contributed by atoms with Crippen LogP contribution in [0.25, 0.3) is 11.8 Å². The zero-order valence-corrected chi connectivity index (χ0v) is 26.4. The van der Waals surface area contributed by atoms with Crippen molar-refractivity contribution in [3.05, 3.63) is 153 Å². The molecule has 0 spiro atoms. The summed E-state index contributed by atoms with van der Waals surface area (Å²) in [6, 6.07) is 23.7. The second-order valence-electron chi connectivity index (χ2n) is 11.1. The lowest BCUT2D eigenvalue weighted by Gasteiger charge is -2.30. The van der Waals surface area contributed by atoms with E-state index >= 15 is 0 Å². The summed E-state index contributed by atoms with van der Waals surface area (Å²) >= 11 is 1.29. The molecule has 2 heterocycles. The fourth-order valence-electron chi connectivity index (χ4n) is 6.08. The average Bonchev–Trinajstić information content (AvgIpc) is 3.41. The van der Waals surface area contributed by atoms with Gasteiger partial charge in [0.25, 0.3) is 11.2 Å². The Morgan fingerprint density at radius 1 is 0.875 bits per heavy atom. The molecule has 0 N–H and O–H groups in total. The third-order valence-corrected chi connectivity index (χ3v) is 9.34. The van der Waals surface area contributed by atoms with Crippen LogP contribution in [0.4, 0.5) is 11.4 Å². The first-order valence-electron chi connectivity index (χ1n) is 14.8. The highest BCUT2D eigenvalue weighted by Gasteiger charge is 2.32. The monoisotopic (exact) mass is 662 g/mol. The van der Waals surface area contributed by atoms with Crippen molar-refractivity contribution in [3.63, 3.8) is 0 Å². The zero-order chi connectivity index (χ0) is 33.5. The maximum atomic E-state index is 14.2. The first kappa shape index (κ1) is 30.6. The second-order valence-corrected chi connectivity index (χ2v) is 12.1. The molecule has 4 aromatic carbocycles. The third kappa shape index (κ3) is 5.39. The van der Waals surface area contributed by atoms with Gasteiger partial charge in [0.2, 0.25) is 5.75 Å². The van der Waals surface area contributed by atoms with Gasteiger partial charge >= 0.3 is 5.69 Å². The molecular formula is C35H26N4O8S. The van der Waals surface area contributed by atoms with Gasteiger partial charge in [-0.15, -0.1) is 0 Å². The van der Waals surface area contributed by atoms with Gasteiger partial charge in [0.05, 0.1) is 46.4 Å². The van der Waals surface area contributed by atoms with Crippen LogP contribution in [0.1, 0.15) is 34.7 Å². The van der Waals surface area contributed by atoms with Crippen LogP contribution in [0.5, 0.6) is 23.0 Å². The molecule has 1 atom stereocenters. The quantitative estimate of drug-likeness (QED) is 0.146. The molecule has 240 valence electrons. The molecule has 0 unspecified atom stereocenters. The predicted octanol–water partition coefficient (Wildman–Crippen LogP) is 5.94. The van der Waals surface area contributed by atoms with E-state index in [-0.39, 0.29) is 28.8 Å². The number of aryl methyl sites for hydroxylation is 1. The van der Waals surface area contributed by atoms with Gasteiger partial charge in [-0.1, -0.05) is 53.8 Å². The molecule has 48 heavy (non-hydrogen) atoms. The summed E-state index contributed by atoms with van der Waals surface area (Å²) in [6.45, 7) is 0. The number of ether oxygens (including phenoxy) is 3. The number of thiazole rings is 1. The fraction of sp³-hybridized carbons (Fsp3) is 0.143. The van der Waals surface area contributed by atoms with Crippen LogP contribution in [0.2, 0.25) is 0 Å². The van der Waals surface area contributed by atoms with Crippen molar-refractivity contribution < 1.29 is 24.1 Å². The molecule has 1 aliphatic carbocycles. The minimum atomic E-state index is -0.751. The number of nitrogens with zero attached hydrogens (tertiary/aromatic N) is 4. The topological polar surface area (TPSA) is 148 Å². The standard InChI is InChI=1S/C35H26N4O8S/c1-45-24-12-8-22(9-13-24)33-26-14-10-21-5-3-4-6-25(21)32(26)36-35-37(33)34(40)31(48-35)18-20-7-15-29(30(17-20)46-2)47-28-16-11-23(38(41)42)19-27(28)39(43)44/h3-9,11-13,15-19,33H,10,14H2,1-2H3/b31-18-/t33-/m1/s1. The number of hydrogen-bond acceptors (Lipinski definition) is 10. The zero-order valence-electron chi connectivity index (χ0n) is 25.6. The predicted molar refractivity (Wildman–Crippen MR) is 179 cm³/mol. The van der Waals surface area contributed by atoms with Crippen molar-refractivity contribution in [1.29, 1.82) is 0 Å². The van der Waals surface area contributed by atoms with E-state index < -0.39 is 21.2 Å². The van der Waals surface area contributed by atoms with Crippen LogP contribution < -0.4 is 29.1 Å². The number of nitro benzene ring substituents is 2. The van der Waals surface area contributed by atoms with E-state index in [0.29, 0.717) is 14.9 Å². The highest BCUT2D eigenvalue weighted by Crippen LogP contribution is 2.42. The lowest BCUT2D eigenvalue weighted by Crippen LogP contribution is -2.38.